The van der Waals surface area contributed by atoms with Crippen LogP contribution in [0.3, 0.4) is 0 Å². The van der Waals surface area contributed by atoms with Crippen molar-refractivity contribution in [2.75, 3.05) is 11.9 Å². The Labute approximate surface area is 181 Å². The van der Waals surface area contributed by atoms with Gasteiger partial charge in [0.1, 0.15) is 12.1 Å². The van der Waals surface area contributed by atoms with Gasteiger partial charge in [-0.1, -0.05) is 54.1 Å². The molecule has 0 saturated carbocycles. The predicted octanol–water partition coefficient (Wildman–Crippen LogP) is 4.88. The Morgan fingerprint density at radius 3 is 2.35 bits per heavy atom. The van der Waals surface area contributed by atoms with E-state index in [-0.39, 0.29) is 0 Å². The number of halogens is 4. The molecule has 10 heteroatoms. The molecule has 31 heavy (non-hydrogen) atoms. The van der Waals surface area contributed by atoms with Crippen LogP contribution in [0.25, 0.3) is 11.3 Å². The number of hydrogen-bond donors (Lipinski definition) is 3. The summed E-state index contributed by atoms with van der Waals surface area (Å²) in [4.78, 5) is 17.4. The van der Waals surface area contributed by atoms with E-state index in [1.165, 1.54) is 6.33 Å². The van der Waals surface area contributed by atoms with Gasteiger partial charge in [-0.05, 0) is 24.1 Å². The molecule has 1 atom stereocenters. The fourth-order valence-electron chi connectivity index (χ4n) is 2.36. The Kier molecular flexibility index (Phi) is 8.35. The summed E-state index contributed by atoms with van der Waals surface area (Å²) in [5.74, 6) is -2.10. The summed E-state index contributed by atoms with van der Waals surface area (Å²) < 4.78 is 31.7. The van der Waals surface area contributed by atoms with Crippen LogP contribution in [0.2, 0.25) is 5.02 Å². The fraction of sp³-hybridized carbons (Fsp3) is 0.190. The molecular formula is C21H19ClF3N3O3. The van der Waals surface area contributed by atoms with Crippen molar-refractivity contribution in [3.8, 4) is 11.3 Å². The number of nitrogens with one attached hydrogen (secondary N) is 1. The lowest BCUT2D eigenvalue weighted by molar-refractivity contribution is -0.192. The smallest absolute Gasteiger partial charge is 0.475 e. The molecule has 1 heterocycles. The molecule has 1 aromatic heterocycles. The lowest BCUT2D eigenvalue weighted by Crippen LogP contribution is -2.21. The van der Waals surface area contributed by atoms with E-state index >= 15 is 0 Å². The number of aryl methyl sites for hydroxylation is 1. The fourth-order valence-corrected chi connectivity index (χ4v) is 2.54. The van der Waals surface area contributed by atoms with Gasteiger partial charge in [-0.2, -0.15) is 13.2 Å². The second kappa shape index (κ2) is 10.7. The zero-order chi connectivity index (χ0) is 23.0. The number of aliphatic hydroxyl groups is 1. The van der Waals surface area contributed by atoms with E-state index in [0.29, 0.717) is 17.4 Å². The first-order valence-corrected chi connectivity index (χ1v) is 9.31. The van der Waals surface area contributed by atoms with Crippen LogP contribution >= 0.6 is 11.6 Å². The summed E-state index contributed by atoms with van der Waals surface area (Å²) in [6, 6.07) is 17.2. The van der Waals surface area contributed by atoms with Gasteiger partial charge in [0.25, 0.3) is 0 Å². The van der Waals surface area contributed by atoms with Crippen molar-refractivity contribution in [1.82, 2.24) is 9.97 Å². The van der Waals surface area contributed by atoms with Crippen LogP contribution in [0.5, 0.6) is 0 Å². The van der Waals surface area contributed by atoms with Crippen molar-refractivity contribution < 1.29 is 28.2 Å². The van der Waals surface area contributed by atoms with E-state index in [2.05, 4.69) is 15.3 Å². The highest BCUT2D eigenvalue weighted by Crippen LogP contribution is 2.25. The van der Waals surface area contributed by atoms with Crippen molar-refractivity contribution in [2.24, 2.45) is 0 Å². The minimum Gasteiger partial charge on any atom is -0.475 e. The zero-order valence-corrected chi connectivity index (χ0v) is 17.0. The highest BCUT2D eigenvalue weighted by molar-refractivity contribution is 6.31. The van der Waals surface area contributed by atoms with Crippen molar-refractivity contribution in [2.45, 2.75) is 19.2 Å². The van der Waals surface area contributed by atoms with Gasteiger partial charge in [-0.3, -0.25) is 0 Å². The van der Waals surface area contributed by atoms with Gasteiger partial charge >= 0.3 is 12.1 Å². The number of aliphatic hydroxyl groups excluding tert-OH is 1. The number of nitrogens with zero attached hydrogens (tertiary/aromatic N) is 2. The molecule has 0 spiro atoms. The molecule has 0 aliphatic rings. The molecule has 0 bridgehead atoms. The lowest BCUT2D eigenvalue weighted by atomic mass is 10.1. The maximum atomic E-state index is 10.6. The Morgan fingerprint density at radius 1 is 1.13 bits per heavy atom. The Balaban J connectivity index is 0.000000423. The van der Waals surface area contributed by atoms with Crippen LogP contribution in [0.15, 0.2) is 60.9 Å². The number of benzene rings is 2. The molecule has 3 aromatic rings. The normalized spacial score (nSPS) is 11.8. The molecule has 0 unspecified atom stereocenters. The number of carbonyl (C=O) groups is 1. The van der Waals surface area contributed by atoms with E-state index in [1.54, 1.807) is 0 Å². The number of carboxylic acid groups (broad SMARTS) is 1. The van der Waals surface area contributed by atoms with Crippen molar-refractivity contribution in [1.29, 1.82) is 0 Å². The Morgan fingerprint density at radius 2 is 1.77 bits per heavy atom. The molecule has 6 nitrogen and oxygen atoms in total. The van der Waals surface area contributed by atoms with E-state index in [9.17, 15) is 18.3 Å². The van der Waals surface area contributed by atoms with E-state index in [1.807, 2.05) is 61.5 Å². The molecule has 0 aliphatic carbocycles. The molecule has 0 radical (unpaired) electrons. The number of aliphatic carboxylic acids is 1. The number of alkyl halides is 3. The highest BCUT2D eigenvalue weighted by Gasteiger charge is 2.38. The number of aromatic nitrogens is 2. The van der Waals surface area contributed by atoms with Gasteiger partial charge in [0, 0.05) is 23.2 Å². The van der Waals surface area contributed by atoms with Crippen molar-refractivity contribution in [3.63, 3.8) is 0 Å². The quantitative estimate of drug-likeness (QED) is 0.509. The van der Waals surface area contributed by atoms with E-state index in [0.717, 1.165) is 22.4 Å². The standard InChI is InChI=1S/C19H18ClN3O.C2HF3O2/c1-13-7-8-15(9-16(13)20)17-10-19(23-12-22-17)21-11-18(24)14-5-3-2-4-6-14;3-2(4,5)1(6)7/h2-10,12,18,24H,11H2,1H3,(H,21,22,23);(H,6,7)/t18-;/m0./s1. The Hall–Kier alpha value is -3.17. The van der Waals surface area contributed by atoms with E-state index in [4.69, 9.17) is 21.5 Å². The molecule has 0 aliphatic heterocycles. The average molecular weight is 454 g/mol. The lowest BCUT2D eigenvalue weighted by Gasteiger charge is -2.13. The number of rotatable bonds is 5. The summed E-state index contributed by atoms with van der Waals surface area (Å²) >= 11 is 6.18. The van der Waals surface area contributed by atoms with Crippen LogP contribution in [-0.2, 0) is 4.79 Å². The van der Waals surface area contributed by atoms with Crippen LogP contribution in [-0.4, -0.2) is 38.9 Å². The average Bonchev–Trinajstić information content (AvgIpc) is 2.74. The summed E-state index contributed by atoms with van der Waals surface area (Å²) in [6.45, 7) is 2.33. The topological polar surface area (TPSA) is 95.3 Å². The largest absolute Gasteiger partial charge is 0.490 e. The van der Waals surface area contributed by atoms with Gasteiger partial charge in [-0.25, -0.2) is 14.8 Å². The molecule has 0 saturated heterocycles. The maximum Gasteiger partial charge on any atom is 0.490 e. The predicted molar refractivity (Wildman–Crippen MR) is 111 cm³/mol. The minimum atomic E-state index is -5.08. The summed E-state index contributed by atoms with van der Waals surface area (Å²) in [5, 5.41) is 21.2. The Bertz CT molecular complexity index is 1020. The first-order valence-electron chi connectivity index (χ1n) is 8.93. The monoisotopic (exact) mass is 453 g/mol. The summed E-state index contributed by atoms with van der Waals surface area (Å²) in [6.07, 6.45) is -4.18. The second-order valence-corrected chi connectivity index (χ2v) is 6.77. The second-order valence-electron chi connectivity index (χ2n) is 6.36. The van der Waals surface area contributed by atoms with Crippen molar-refractivity contribution in [3.05, 3.63) is 77.1 Å². The van der Waals surface area contributed by atoms with Crippen LogP contribution in [0, 0.1) is 6.92 Å². The van der Waals surface area contributed by atoms with Crippen LogP contribution in [0.1, 0.15) is 17.2 Å². The molecule has 164 valence electrons. The summed E-state index contributed by atoms with van der Waals surface area (Å²) in [5.41, 5.74) is 3.60. The zero-order valence-electron chi connectivity index (χ0n) is 16.3. The molecule has 0 amide bonds. The van der Waals surface area contributed by atoms with Crippen LogP contribution < -0.4 is 5.32 Å². The van der Waals surface area contributed by atoms with Gasteiger partial charge < -0.3 is 15.5 Å². The third-order valence-corrected chi connectivity index (χ3v) is 4.45. The molecule has 3 rings (SSSR count). The van der Waals surface area contributed by atoms with Crippen LogP contribution in [0.4, 0.5) is 19.0 Å². The van der Waals surface area contributed by atoms with Crippen molar-refractivity contribution >= 4 is 23.4 Å². The molecule has 2 aromatic carbocycles. The number of carboxylic acids is 1. The third kappa shape index (κ3) is 7.54. The van der Waals surface area contributed by atoms with Gasteiger partial charge in [0.05, 0.1) is 11.8 Å². The van der Waals surface area contributed by atoms with Gasteiger partial charge in [0.15, 0.2) is 0 Å². The molecule has 3 N–H and O–H groups in total. The SMILES string of the molecule is Cc1ccc(-c2cc(NC[C@H](O)c3ccccc3)ncn2)cc1Cl.O=C(O)C(F)(F)F. The first kappa shape index (κ1) is 24.1. The molecule has 0 fully saturated rings. The number of hydrogen-bond acceptors (Lipinski definition) is 5. The maximum absolute atomic E-state index is 10.6. The van der Waals surface area contributed by atoms with E-state index < -0.39 is 18.2 Å². The third-order valence-electron chi connectivity index (χ3n) is 4.04. The summed E-state index contributed by atoms with van der Waals surface area (Å²) in [7, 11) is 0. The molecular weight excluding hydrogens is 435 g/mol. The van der Waals surface area contributed by atoms with Gasteiger partial charge in [-0.15, -0.1) is 0 Å². The minimum absolute atomic E-state index is 0.370. The number of anilines is 1. The first-order chi connectivity index (χ1) is 14.6. The van der Waals surface area contributed by atoms with Gasteiger partial charge in [0.2, 0.25) is 0 Å². The highest BCUT2D eigenvalue weighted by atomic mass is 35.5.